The van der Waals surface area contributed by atoms with Gasteiger partial charge in [-0.3, -0.25) is 0 Å². The van der Waals surface area contributed by atoms with Crippen molar-refractivity contribution < 1.29 is 8.78 Å². The molecule has 0 aliphatic heterocycles. The van der Waals surface area contributed by atoms with Crippen molar-refractivity contribution in [3.8, 4) is 22.4 Å². The van der Waals surface area contributed by atoms with Crippen LogP contribution < -0.4 is 5.32 Å². The second-order valence-electron chi connectivity index (χ2n) is 7.16. The van der Waals surface area contributed by atoms with E-state index in [4.69, 9.17) is 0 Å². The fourth-order valence-electron chi connectivity index (χ4n) is 3.61. The van der Waals surface area contributed by atoms with E-state index in [1.54, 1.807) is 16.6 Å². The fourth-order valence-corrected chi connectivity index (χ4v) is 3.61. The van der Waals surface area contributed by atoms with Gasteiger partial charge in [-0.2, -0.15) is 9.49 Å². The molecule has 0 amide bonds. The first-order chi connectivity index (χ1) is 15.2. The molecule has 0 aliphatic rings. The average Bonchev–Trinajstić information content (AvgIpc) is 3.18. The summed E-state index contributed by atoms with van der Waals surface area (Å²) in [6.45, 7) is 0.524. The van der Waals surface area contributed by atoms with Crippen molar-refractivity contribution in [3.05, 3.63) is 108 Å². The number of hydrogen-bond donors (Lipinski definition) is 1. The van der Waals surface area contributed by atoms with Gasteiger partial charge in [0.05, 0.1) is 5.52 Å². The highest BCUT2D eigenvalue weighted by molar-refractivity contribution is 5.92. The highest BCUT2D eigenvalue weighted by Gasteiger charge is 2.18. The molecule has 2 aromatic carbocycles. The minimum atomic E-state index is -0.589. The van der Waals surface area contributed by atoms with E-state index in [-0.39, 0.29) is 5.82 Å². The molecule has 0 aliphatic carbocycles. The smallest absolute Gasteiger partial charge is 0.215 e. The molecule has 0 saturated carbocycles. The topological polar surface area (TPSA) is 42.2 Å². The third-order valence-corrected chi connectivity index (χ3v) is 5.06. The maximum Gasteiger partial charge on any atom is 0.215 e. The molecule has 0 fully saturated rings. The van der Waals surface area contributed by atoms with E-state index < -0.39 is 5.95 Å². The molecule has 0 bridgehead atoms. The lowest BCUT2D eigenvalue weighted by Gasteiger charge is -2.09. The number of aromatic nitrogens is 3. The van der Waals surface area contributed by atoms with Crippen LogP contribution in [0, 0.1) is 11.8 Å². The summed E-state index contributed by atoms with van der Waals surface area (Å²) in [5.74, 6) is -0.482. The molecule has 0 unspecified atom stereocenters. The lowest BCUT2D eigenvalue weighted by molar-refractivity contribution is 0.585. The van der Waals surface area contributed by atoms with Gasteiger partial charge >= 0.3 is 0 Å². The van der Waals surface area contributed by atoms with Crippen LogP contribution >= 0.6 is 0 Å². The van der Waals surface area contributed by atoms with Crippen LogP contribution in [0.5, 0.6) is 0 Å². The van der Waals surface area contributed by atoms with Gasteiger partial charge in [-0.15, -0.1) is 0 Å². The molecule has 0 radical (unpaired) electrons. The molecule has 152 valence electrons. The number of halogens is 2. The maximum atomic E-state index is 14.5. The predicted octanol–water partition coefficient (Wildman–Crippen LogP) is 5.95. The molecule has 6 heteroatoms. The predicted molar refractivity (Wildman–Crippen MR) is 118 cm³/mol. The van der Waals surface area contributed by atoms with Crippen molar-refractivity contribution in [2.24, 2.45) is 0 Å². The summed E-state index contributed by atoms with van der Waals surface area (Å²) in [6.07, 6.45) is 1.83. The molecular formula is C25H18F2N4. The summed E-state index contributed by atoms with van der Waals surface area (Å²) in [5.41, 5.74) is 4.68. The Morgan fingerprint density at radius 3 is 2.39 bits per heavy atom. The Kier molecular flexibility index (Phi) is 4.88. The highest BCUT2D eigenvalue weighted by Crippen LogP contribution is 2.36. The molecule has 0 atom stereocenters. The molecule has 3 heterocycles. The van der Waals surface area contributed by atoms with Gasteiger partial charge in [0.2, 0.25) is 5.95 Å². The first-order valence-corrected chi connectivity index (χ1v) is 9.86. The highest BCUT2D eigenvalue weighted by atomic mass is 19.1. The maximum absolute atomic E-state index is 14.5. The average molecular weight is 412 g/mol. The van der Waals surface area contributed by atoms with Gasteiger partial charge in [-0.1, -0.05) is 36.4 Å². The number of benzene rings is 2. The summed E-state index contributed by atoms with van der Waals surface area (Å²) >= 11 is 0. The van der Waals surface area contributed by atoms with Crippen LogP contribution in [0.25, 0.3) is 27.9 Å². The molecule has 1 N–H and O–H groups in total. The van der Waals surface area contributed by atoms with E-state index in [9.17, 15) is 8.78 Å². The standard InChI is InChI=1S/C25H18F2N4/c26-20-11-9-18(10-12-20)25-24(21-8-4-5-13-31(21)30-25)19-14-22(27)29-23(15-19)28-16-17-6-2-1-3-7-17/h1-15H,16H2,(H,28,29). The molecule has 31 heavy (non-hydrogen) atoms. The van der Waals surface area contributed by atoms with Crippen LogP contribution in [0.3, 0.4) is 0 Å². The zero-order valence-electron chi connectivity index (χ0n) is 16.5. The van der Waals surface area contributed by atoms with Gasteiger partial charge in [0, 0.05) is 29.9 Å². The Balaban J connectivity index is 1.61. The Morgan fingerprint density at radius 1 is 0.806 bits per heavy atom. The van der Waals surface area contributed by atoms with Crippen LogP contribution in [-0.2, 0) is 6.54 Å². The SMILES string of the molecule is Fc1ccc(-c2nn3ccccc3c2-c2cc(F)nc(NCc3ccccc3)c2)cc1. The van der Waals surface area contributed by atoms with Crippen molar-refractivity contribution in [1.82, 2.24) is 14.6 Å². The number of pyridine rings is 2. The second kappa shape index (κ2) is 7.99. The monoisotopic (exact) mass is 412 g/mol. The Bertz CT molecular complexity index is 1350. The van der Waals surface area contributed by atoms with E-state index in [0.29, 0.717) is 23.6 Å². The number of fused-ring (bicyclic) bond motifs is 1. The van der Waals surface area contributed by atoms with Crippen molar-refractivity contribution in [3.63, 3.8) is 0 Å². The van der Waals surface area contributed by atoms with E-state index in [0.717, 1.165) is 22.2 Å². The number of rotatable bonds is 5. The van der Waals surface area contributed by atoms with Crippen molar-refractivity contribution >= 4 is 11.3 Å². The van der Waals surface area contributed by atoms with E-state index in [2.05, 4.69) is 15.4 Å². The number of anilines is 1. The van der Waals surface area contributed by atoms with Gasteiger partial charge in [0.15, 0.2) is 0 Å². The second-order valence-corrected chi connectivity index (χ2v) is 7.16. The summed E-state index contributed by atoms with van der Waals surface area (Å²) in [7, 11) is 0. The third kappa shape index (κ3) is 3.88. The molecule has 0 spiro atoms. The summed E-state index contributed by atoms with van der Waals surface area (Å²) in [4.78, 5) is 4.00. The summed E-state index contributed by atoms with van der Waals surface area (Å²) in [6, 6.07) is 24.9. The van der Waals surface area contributed by atoms with Gasteiger partial charge in [0.1, 0.15) is 17.3 Å². The van der Waals surface area contributed by atoms with E-state index in [1.807, 2.05) is 60.8 Å². The molecule has 4 nitrogen and oxygen atoms in total. The first-order valence-electron chi connectivity index (χ1n) is 9.86. The van der Waals surface area contributed by atoms with Gasteiger partial charge in [-0.05, 0) is 53.6 Å². The van der Waals surface area contributed by atoms with Gasteiger partial charge in [-0.25, -0.2) is 13.9 Å². The molecule has 5 rings (SSSR count). The third-order valence-electron chi connectivity index (χ3n) is 5.06. The van der Waals surface area contributed by atoms with Crippen molar-refractivity contribution in [1.29, 1.82) is 0 Å². The molecule has 0 saturated heterocycles. The minimum absolute atomic E-state index is 0.323. The van der Waals surface area contributed by atoms with Crippen molar-refractivity contribution in [2.75, 3.05) is 5.32 Å². The lowest BCUT2D eigenvalue weighted by atomic mass is 10.0. The first kappa shape index (κ1) is 18.9. The summed E-state index contributed by atoms with van der Waals surface area (Å²) in [5, 5.41) is 7.86. The van der Waals surface area contributed by atoms with E-state index >= 15 is 0 Å². The van der Waals surface area contributed by atoms with Crippen molar-refractivity contribution in [2.45, 2.75) is 6.54 Å². The van der Waals surface area contributed by atoms with Crippen LogP contribution in [0.4, 0.5) is 14.6 Å². The van der Waals surface area contributed by atoms with Crippen LogP contribution in [0.15, 0.2) is 91.1 Å². The number of nitrogens with zero attached hydrogens (tertiary/aromatic N) is 3. The minimum Gasteiger partial charge on any atom is -0.366 e. The van der Waals surface area contributed by atoms with Gasteiger partial charge in [0.25, 0.3) is 0 Å². The van der Waals surface area contributed by atoms with Crippen LogP contribution in [-0.4, -0.2) is 14.6 Å². The lowest BCUT2D eigenvalue weighted by Crippen LogP contribution is -2.02. The Labute approximate surface area is 177 Å². The van der Waals surface area contributed by atoms with Gasteiger partial charge < -0.3 is 5.32 Å². The quantitative estimate of drug-likeness (QED) is 0.363. The molecular weight excluding hydrogens is 394 g/mol. The molecule has 5 aromatic rings. The Hall–Kier alpha value is -4.06. The Morgan fingerprint density at radius 2 is 1.58 bits per heavy atom. The zero-order chi connectivity index (χ0) is 21.2. The largest absolute Gasteiger partial charge is 0.366 e. The number of nitrogens with one attached hydrogen (secondary N) is 1. The van der Waals surface area contributed by atoms with Crippen LogP contribution in [0.1, 0.15) is 5.56 Å². The molecule has 3 aromatic heterocycles. The summed E-state index contributed by atoms with van der Waals surface area (Å²) < 4.78 is 29.7. The normalized spacial score (nSPS) is 11.0. The fraction of sp³-hybridized carbons (Fsp3) is 0.0400. The van der Waals surface area contributed by atoms with Crippen LogP contribution in [0.2, 0.25) is 0 Å². The zero-order valence-corrected chi connectivity index (χ0v) is 16.5. The number of hydrogen-bond acceptors (Lipinski definition) is 3. The van der Waals surface area contributed by atoms with E-state index in [1.165, 1.54) is 18.2 Å².